The molecule has 1 fully saturated rings. The molecule has 1 aliphatic rings. The van der Waals surface area contributed by atoms with E-state index in [2.05, 4.69) is 30.8 Å². The van der Waals surface area contributed by atoms with Gasteiger partial charge in [0, 0.05) is 37.9 Å². The van der Waals surface area contributed by atoms with Crippen LogP contribution in [-0.4, -0.2) is 42.2 Å². The third-order valence-electron chi connectivity index (χ3n) is 4.45. The molecule has 0 aliphatic carbocycles. The Kier molecular flexibility index (Phi) is 6.40. The minimum atomic E-state index is -4.54. The van der Waals surface area contributed by atoms with E-state index in [1.54, 1.807) is 0 Å². The second-order valence-corrected chi connectivity index (χ2v) is 6.74. The number of hydrogen-bond acceptors (Lipinski definition) is 5. The highest BCUT2D eigenvalue weighted by Crippen LogP contribution is 2.34. The average Bonchev–Trinajstić information content (AvgIpc) is 3.19. The summed E-state index contributed by atoms with van der Waals surface area (Å²) in [7, 11) is 0. The number of para-hydroxylation sites is 1. The number of anilines is 3. The minimum absolute atomic E-state index is 0.191. The summed E-state index contributed by atoms with van der Waals surface area (Å²) >= 11 is 0. The highest BCUT2D eigenvalue weighted by molar-refractivity contribution is 5.90. The van der Waals surface area contributed by atoms with E-state index in [1.807, 2.05) is 13.0 Å². The molecule has 0 spiro atoms. The van der Waals surface area contributed by atoms with Gasteiger partial charge in [-0.2, -0.15) is 18.2 Å². The van der Waals surface area contributed by atoms with Crippen molar-refractivity contribution in [3.8, 4) is 0 Å². The molecule has 0 radical (unpaired) electrons. The number of aromatic nitrogens is 2. The molecule has 2 heterocycles. The van der Waals surface area contributed by atoms with E-state index in [0.717, 1.165) is 43.5 Å². The molecule has 2 aromatic rings. The Balaban J connectivity index is 1.49. The third-order valence-corrected chi connectivity index (χ3v) is 4.45. The van der Waals surface area contributed by atoms with Crippen LogP contribution in [0.1, 0.15) is 24.1 Å². The quantitative estimate of drug-likeness (QED) is 0.636. The van der Waals surface area contributed by atoms with Gasteiger partial charge in [0.1, 0.15) is 5.82 Å². The Morgan fingerprint density at radius 2 is 1.86 bits per heavy atom. The van der Waals surface area contributed by atoms with E-state index >= 15 is 0 Å². The van der Waals surface area contributed by atoms with Crippen molar-refractivity contribution in [2.45, 2.75) is 25.9 Å². The molecule has 3 rings (SSSR count). The van der Waals surface area contributed by atoms with Crippen molar-refractivity contribution >= 4 is 23.5 Å². The zero-order valence-corrected chi connectivity index (χ0v) is 16.0. The van der Waals surface area contributed by atoms with Gasteiger partial charge in [-0.15, -0.1) is 0 Å². The van der Waals surface area contributed by atoms with Crippen LogP contribution in [0.15, 0.2) is 30.3 Å². The number of halogens is 3. The number of hydrogen-bond donors (Lipinski definition) is 3. The van der Waals surface area contributed by atoms with Crippen molar-refractivity contribution in [3.05, 3.63) is 41.6 Å². The average molecular weight is 408 g/mol. The molecule has 7 nitrogen and oxygen atoms in total. The van der Waals surface area contributed by atoms with Crippen molar-refractivity contribution in [1.29, 1.82) is 0 Å². The van der Waals surface area contributed by atoms with Gasteiger partial charge in [0.2, 0.25) is 5.95 Å². The predicted molar refractivity (Wildman–Crippen MR) is 105 cm³/mol. The number of nitrogens with one attached hydrogen (secondary N) is 3. The molecule has 0 bridgehead atoms. The summed E-state index contributed by atoms with van der Waals surface area (Å²) in [4.78, 5) is 22.9. The lowest BCUT2D eigenvalue weighted by Crippen LogP contribution is -2.33. The fraction of sp³-hybridized carbons (Fsp3) is 0.421. The number of aryl methyl sites for hydroxylation is 1. The zero-order chi connectivity index (χ0) is 20.9. The van der Waals surface area contributed by atoms with E-state index in [4.69, 9.17) is 0 Å². The number of benzene rings is 1. The molecular formula is C19H23F3N6O. The van der Waals surface area contributed by atoms with E-state index in [-0.39, 0.29) is 12.2 Å². The van der Waals surface area contributed by atoms with Gasteiger partial charge < -0.3 is 20.9 Å². The molecule has 3 N–H and O–H groups in total. The first kappa shape index (κ1) is 20.7. The molecular weight excluding hydrogens is 385 g/mol. The van der Waals surface area contributed by atoms with Crippen LogP contribution in [0.2, 0.25) is 0 Å². The Morgan fingerprint density at radius 1 is 1.14 bits per heavy atom. The Bertz CT molecular complexity index is 852. The van der Waals surface area contributed by atoms with E-state index < -0.39 is 17.8 Å². The normalized spacial score (nSPS) is 14.0. The van der Waals surface area contributed by atoms with E-state index in [9.17, 15) is 18.0 Å². The summed E-state index contributed by atoms with van der Waals surface area (Å²) in [6.07, 6.45) is -2.26. The topological polar surface area (TPSA) is 82.2 Å². The van der Waals surface area contributed by atoms with Crippen LogP contribution in [0, 0.1) is 6.92 Å². The van der Waals surface area contributed by atoms with Gasteiger partial charge >= 0.3 is 12.2 Å². The first-order chi connectivity index (χ1) is 13.8. The molecule has 1 aliphatic heterocycles. The van der Waals surface area contributed by atoms with Crippen LogP contribution in [0.3, 0.4) is 0 Å². The third kappa shape index (κ3) is 5.72. The second kappa shape index (κ2) is 8.97. The summed E-state index contributed by atoms with van der Waals surface area (Å²) in [5, 5.41) is 7.79. The summed E-state index contributed by atoms with van der Waals surface area (Å²) in [5.74, 6) is 1.32. The summed E-state index contributed by atoms with van der Waals surface area (Å²) in [5.41, 5.74) is -0.350. The number of carbonyl (C=O) groups is 1. The highest BCUT2D eigenvalue weighted by Gasteiger charge is 2.33. The summed E-state index contributed by atoms with van der Waals surface area (Å²) in [6, 6.07) is 6.05. The monoisotopic (exact) mass is 408 g/mol. The number of amides is 2. The Labute approximate surface area is 166 Å². The maximum absolute atomic E-state index is 13.0. The van der Waals surface area contributed by atoms with Crippen molar-refractivity contribution in [2.75, 3.05) is 41.7 Å². The van der Waals surface area contributed by atoms with Gasteiger partial charge in [-0.1, -0.05) is 12.1 Å². The molecule has 10 heteroatoms. The number of rotatable bonds is 6. The molecule has 156 valence electrons. The van der Waals surface area contributed by atoms with Gasteiger partial charge in [0.05, 0.1) is 11.3 Å². The summed E-state index contributed by atoms with van der Waals surface area (Å²) in [6.45, 7) is 4.35. The van der Waals surface area contributed by atoms with Crippen LogP contribution >= 0.6 is 0 Å². The van der Waals surface area contributed by atoms with Crippen LogP contribution in [0.5, 0.6) is 0 Å². The lowest BCUT2D eigenvalue weighted by atomic mass is 10.1. The molecule has 1 aromatic carbocycles. The molecule has 1 saturated heterocycles. The minimum Gasteiger partial charge on any atom is -0.356 e. The van der Waals surface area contributed by atoms with Gasteiger partial charge in [0.15, 0.2) is 0 Å². The van der Waals surface area contributed by atoms with Crippen molar-refractivity contribution in [1.82, 2.24) is 15.3 Å². The first-order valence-corrected chi connectivity index (χ1v) is 9.38. The van der Waals surface area contributed by atoms with Crippen molar-refractivity contribution < 1.29 is 18.0 Å². The molecule has 1 aromatic heterocycles. The fourth-order valence-corrected chi connectivity index (χ4v) is 3.10. The largest absolute Gasteiger partial charge is 0.418 e. The van der Waals surface area contributed by atoms with Gasteiger partial charge in [-0.3, -0.25) is 0 Å². The van der Waals surface area contributed by atoms with E-state index in [0.29, 0.717) is 12.5 Å². The Hall–Kier alpha value is -3.04. The lowest BCUT2D eigenvalue weighted by molar-refractivity contribution is -0.136. The molecule has 29 heavy (non-hydrogen) atoms. The SMILES string of the molecule is Cc1cc(N2CCCC2)nc(NCCNC(=O)Nc2ccccc2C(F)(F)F)n1. The Morgan fingerprint density at radius 3 is 2.59 bits per heavy atom. The van der Waals surface area contributed by atoms with Gasteiger partial charge in [-0.05, 0) is 31.9 Å². The maximum atomic E-state index is 13.0. The smallest absolute Gasteiger partial charge is 0.356 e. The predicted octanol–water partition coefficient (Wildman–Crippen LogP) is 3.64. The van der Waals surface area contributed by atoms with Crippen LogP contribution < -0.4 is 20.9 Å². The molecule has 2 amide bonds. The van der Waals surface area contributed by atoms with Crippen molar-refractivity contribution in [3.63, 3.8) is 0 Å². The van der Waals surface area contributed by atoms with Crippen molar-refractivity contribution in [2.24, 2.45) is 0 Å². The van der Waals surface area contributed by atoms with Crippen LogP contribution in [0.4, 0.5) is 35.4 Å². The number of carbonyl (C=O) groups excluding carboxylic acids is 1. The fourth-order valence-electron chi connectivity index (χ4n) is 3.10. The number of urea groups is 1. The maximum Gasteiger partial charge on any atom is 0.418 e. The lowest BCUT2D eigenvalue weighted by Gasteiger charge is -2.18. The zero-order valence-electron chi connectivity index (χ0n) is 16.0. The molecule has 0 unspecified atom stereocenters. The van der Waals surface area contributed by atoms with Gasteiger partial charge in [0.25, 0.3) is 0 Å². The standard InChI is InChI=1S/C19H23F3N6O/c1-13-12-16(28-10-4-5-11-28)27-17(25-13)23-8-9-24-18(29)26-15-7-3-2-6-14(15)19(20,21)22/h2-3,6-7,12H,4-5,8-11H2,1H3,(H,23,25,27)(H2,24,26,29). The number of nitrogens with zero attached hydrogens (tertiary/aromatic N) is 3. The summed E-state index contributed by atoms with van der Waals surface area (Å²) < 4.78 is 38.9. The van der Waals surface area contributed by atoms with Crippen LogP contribution in [-0.2, 0) is 6.18 Å². The number of alkyl halides is 3. The second-order valence-electron chi connectivity index (χ2n) is 6.74. The van der Waals surface area contributed by atoms with Crippen LogP contribution in [0.25, 0.3) is 0 Å². The molecule has 0 atom stereocenters. The first-order valence-electron chi connectivity index (χ1n) is 9.38. The van der Waals surface area contributed by atoms with Gasteiger partial charge in [-0.25, -0.2) is 9.78 Å². The van der Waals surface area contributed by atoms with E-state index in [1.165, 1.54) is 18.2 Å². The molecule has 0 saturated carbocycles. The highest BCUT2D eigenvalue weighted by atomic mass is 19.4.